The monoisotopic (exact) mass is 448 g/mol. The van der Waals surface area contributed by atoms with Crippen LogP contribution < -0.4 is 9.47 Å². The van der Waals surface area contributed by atoms with Crippen LogP contribution in [0.1, 0.15) is 12.0 Å². The number of carboxylic acids is 1. The van der Waals surface area contributed by atoms with Gasteiger partial charge in [-0.3, -0.25) is 14.5 Å². The Morgan fingerprint density at radius 3 is 2.53 bits per heavy atom. The molecule has 0 aromatic heterocycles. The molecule has 1 amide bonds. The number of methoxy groups -OCH3 is 2. The van der Waals surface area contributed by atoms with Crippen LogP contribution in [0.15, 0.2) is 47.5 Å². The van der Waals surface area contributed by atoms with E-state index < -0.39 is 11.2 Å². The molecule has 0 spiro atoms. The van der Waals surface area contributed by atoms with Crippen molar-refractivity contribution < 1.29 is 24.2 Å². The van der Waals surface area contributed by atoms with E-state index in [4.69, 9.17) is 21.1 Å². The third-order valence-electron chi connectivity index (χ3n) is 4.54. The van der Waals surface area contributed by atoms with E-state index >= 15 is 0 Å². The molecular formula is C21H21ClN2O5S. The summed E-state index contributed by atoms with van der Waals surface area (Å²) in [5, 5.41) is 9.46. The Kier molecular flexibility index (Phi) is 7.23. The van der Waals surface area contributed by atoms with Crippen molar-refractivity contribution >= 4 is 46.1 Å². The Labute approximate surface area is 183 Å². The van der Waals surface area contributed by atoms with E-state index in [0.29, 0.717) is 40.3 Å². The third kappa shape index (κ3) is 5.25. The number of rotatable bonds is 7. The van der Waals surface area contributed by atoms with E-state index in [1.165, 1.54) is 4.90 Å². The second-order valence-corrected chi connectivity index (χ2v) is 8.11. The molecule has 1 aliphatic rings. The molecule has 0 bridgehead atoms. The topological polar surface area (TPSA) is 88.4 Å². The normalized spacial score (nSPS) is 17.8. The minimum absolute atomic E-state index is 0.0778. The summed E-state index contributed by atoms with van der Waals surface area (Å²) in [6.07, 6.45) is 0.468. The fraction of sp³-hybridized carbons (Fsp3) is 0.286. The number of hydrogen-bond donors (Lipinski definition) is 1. The summed E-state index contributed by atoms with van der Waals surface area (Å²) < 4.78 is 10.6. The summed E-state index contributed by atoms with van der Waals surface area (Å²) in [6.45, 7) is 0.361. The van der Waals surface area contributed by atoms with Gasteiger partial charge in [0.15, 0.2) is 16.7 Å². The van der Waals surface area contributed by atoms with E-state index in [-0.39, 0.29) is 12.3 Å². The Hall–Kier alpha value is -2.71. The molecule has 30 heavy (non-hydrogen) atoms. The van der Waals surface area contributed by atoms with Crippen LogP contribution in [-0.2, 0) is 16.0 Å². The predicted octanol–water partition coefficient (Wildman–Crippen LogP) is 4.01. The van der Waals surface area contributed by atoms with Crippen molar-refractivity contribution in [2.45, 2.75) is 18.1 Å². The lowest BCUT2D eigenvalue weighted by Crippen LogP contribution is -2.44. The summed E-state index contributed by atoms with van der Waals surface area (Å²) in [7, 11) is 3.13. The lowest BCUT2D eigenvalue weighted by molar-refractivity contribution is -0.139. The highest BCUT2D eigenvalue weighted by molar-refractivity contribution is 8.15. The fourth-order valence-corrected chi connectivity index (χ4v) is 4.14. The average molecular weight is 449 g/mol. The van der Waals surface area contributed by atoms with Crippen molar-refractivity contribution in [1.82, 2.24) is 4.90 Å². The molecule has 2 aromatic rings. The summed E-state index contributed by atoms with van der Waals surface area (Å²) in [5.74, 6) is -0.0680. The number of carbonyl (C=O) groups is 2. The highest BCUT2D eigenvalue weighted by Gasteiger charge is 2.35. The Bertz CT molecular complexity index is 964. The number of hydrogen-bond acceptors (Lipinski definition) is 6. The zero-order chi connectivity index (χ0) is 21.7. The maximum absolute atomic E-state index is 12.7. The second-order valence-electron chi connectivity index (χ2n) is 6.50. The standard InChI is InChI=1S/C21H21ClN2O5S/c1-28-16-8-3-13(11-17(16)29-2)9-10-24-19(25)12-18(20(26)27)30-21(24)23-15-6-4-14(22)5-7-15/h3-8,11,18H,9-10,12H2,1-2H3,(H,26,27)/t18-/m0/s1. The van der Waals surface area contributed by atoms with Crippen LogP contribution in [0.25, 0.3) is 0 Å². The first-order chi connectivity index (χ1) is 14.4. The summed E-state index contributed by atoms with van der Waals surface area (Å²) in [5.41, 5.74) is 1.55. The summed E-state index contributed by atoms with van der Waals surface area (Å²) >= 11 is 7.00. The van der Waals surface area contributed by atoms with E-state index in [2.05, 4.69) is 4.99 Å². The Morgan fingerprint density at radius 1 is 1.20 bits per heavy atom. The van der Waals surface area contributed by atoms with Crippen LogP contribution in [0.5, 0.6) is 11.5 Å². The van der Waals surface area contributed by atoms with Gasteiger partial charge >= 0.3 is 5.97 Å². The molecule has 0 aliphatic carbocycles. The maximum Gasteiger partial charge on any atom is 0.317 e. The van der Waals surface area contributed by atoms with Crippen LogP contribution in [0, 0.1) is 0 Å². The zero-order valence-electron chi connectivity index (χ0n) is 16.5. The number of amidine groups is 1. The Balaban J connectivity index is 1.83. The third-order valence-corrected chi connectivity index (χ3v) is 5.97. The molecular weight excluding hydrogens is 428 g/mol. The summed E-state index contributed by atoms with van der Waals surface area (Å²) in [4.78, 5) is 30.2. The molecule has 158 valence electrons. The van der Waals surface area contributed by atoms with Crippen molar-refractivity contribution in [3.05, 3.63) is 53.1 Å². The van der Waals surface area contributed by atoms with E-state index in [0.717, 1.165) is 17.3 Å². The lowest BCUT2D eigenvalue weighted by Gasteiger charge is -2.30. The number of aliphatic carboxylic acids is 1. The highest BCUT2D eigenvalue weighted by Crippen LogP contribution is 2.31. The number of aliphatic imine (C=N–C) groups is 1. The highest BCUT2D eigenvalue weighted by atomic mass is 35.5. The molecule has 2 aromatic carbocycles. The van der Waals surface area contributed by atoms with Crippen molar-refractivity contribution in [1.29, 1.82) is 0 Å². The van der Waals surface area contributed by atoms with Gasteiger partial charge < -0.3 is 14.6 Å². The molecule has 0 saturated carbocycles. The van der Waals surface area contributed by atoms with Crippen LogP contribution >= 0.6 is 23.4 Å². The molecule has 7 nitrogen and oxygen atoms in total. The van der Waals surface area contributed by atoms with Gasteiger partial charge in [-0.25, -0.2) is 4.99 Å². The maximum atomic E-state index is 12.7. The summed E-state index contributed by atoms with van der Waals surface area (Å²) in [6, 6.07) is 12.4. The minimum atomic E-state index is -1.03. The number of thioether (sulfide) groups is 1. The first-order valence-electron chi connectivity index (χ1n) is 9.16. The van der Waals surface area contributed by atoms with Gasteiger partial charge in [0.2, 0.25) is 5.91 Å². The predicted molar refractivity (Wildman–Crippen MR) is 117 cm³/mol. The van der Waals surface area contributed by atoms with Crippen LogP contribution in [0.4, 0.5) is 5.69 Å². The first-order valence-corrected chi connectivity index (χ1v) is 10.4. The number of carboxylic acid groups (broad SMARTS) is 1. The molecule has 1 heterocycles. The minimum Gasteiger partial charge on any atom is -0.493 e. The van der Waals surface area contributed by atoms with E-state index in [1.807, 2.05) is 18.2 Å². The molecule has 9 heteroatoms. The molecule has 1 atom stereocenters. The smallest absolute Gasteiger partial charge is 0.317 e. The van der Waals surface area contributed by atoms with Crippen LogP contribution in [0.2, 0.25) is 5.02 Å². The number of halogens is 1. The van der Waals surface area contributed by atoms with Gasteiger partial charge in [0, 0.05) is 11.6 Å². The SMILES string of the molecule is COc1ccc(CCN2C(=O)C[C@@H](C(=O)O)SC2=Nc2ccc(Cl)cc2)cc1OC. The quantitative estimate of drug-likeness (QED) is 0.688. The van der Waals surface area contributed by atoms with Gasteiger partial charge in [-0.15, -0.1) is 0 Å². The van der Waals surface area contributed by atoms with Gasteiger partial charge in [-0.05, 0) is 48.4 Å². The van der Waals surface area contributed by atoms with Gasteiger partial charge in [-0.1, -0.05) is 29.4 Å². The van der Waals surface area contributed by atoms with Crippen LogP contribution in [-0.4, -0.2) is 53.1 Å². The molecule has 0 unspecified atom stereocenters. The second kappa shape index (κ2) is 9.86. The first kappa shape index (κ1) is 22.0. The number of ether oxygens (including phenoxy) is 2. The molecule has 1 saturated heterocycles. The lowest BCUT2D eigenvalue weighted by atomic mass is 10.1. The number of amides is 1. The molecule has 1 aliphatic heterocycles. The fourth-order valence-electron chi connectivity index (χ4n) is 2.96. The van der Waals surface area contributed by atoms with Crippen LogP contribution in [0.3, 0.4) is 0 Å². The number of carbonyl (C=O) groups excluding carboxylic acids is 1. The van der Waals surface area contributed by atoms with Crippen molar-refractivity contribution in [2.24, 2.45) is 4.99 Å². The van der Waals surface area contributed by atoms with Crippen molar-refractivity contribution in [2.75, 3.05) is 20.8 Å². The van der Waals surface area contributed by atoms with E-state index in [1.54, 1.807) is 38.5 Å². The average Bonchev–Trinajstić information content (AvgIpc) is 2.74. The van der Waals surface area contributed by atoms with Crippen molar-refractivity contribution in [3.8, 4) is 11.5 Å². The van der Waals surface area contributed by atoms with E-state index in [9.17, 15) is 14.7 Å². The van der Waals surface area contributed by atoms with Gasteiger partial charge in [-0.2, -0.15) is 0 Å². The van der Waals surface area contributed by atoms with Gasteiger partial charge in [0.1, 0.15) is 5.25 Å². The Morgan fingerprint density at radius 2 is 1.90 bits per heavy atom. The molecule has 1 fully saturated rings. The molecule has 0 radical (unpaired) electrons. The van der Waals surface area contributed by atoms with Gasteiger partial charge in [0.25, 0.3) is 0 Å². The number of benzene rings is 2. The van der Waals surface area contributed by atoms with Crippen molar-refractivity contribution in [3.63, 3.8) is 0 Å². The molecule has 3 rings (SSSR count). The van der Waals surface area contributed by atoms with Gasteiger partial charge in [0.05, 0.1) is 26.3 Å². The number of nitrogens with zero attached hydrogens (tertiary/aromatic N) is 2. The zero-order valence-corrected chi connectivity index (χ0v) is 18.1. The molecule has 1 N–H and O–H groups in total. The largest absolute Gasteiger partial charge is 0.493 e.